The SMILES string of the molecule is Fc1ccc(C2=NN(c3ccccc3Cl)[C@@H](c3ccccc3F)C2)cc1. The van der Waals surface area contributed by atoms with E-state index in [2.05, 4.69) is 0 Å². The van der Waals surface area contributed by atoms with Gasteiger partial charge in [0, 0.05) is 12.0 Å². The molecule has 4 rings (SSSR count). The van der Waals surface area contributed by atoms with Crippen LogP contribution in [0, 0.1) is 11.6 Å². The first-order valence-electron chi connectivity index (χ1n) is 8.25. The molecule has 0 amide bonds. The molecule has 0 N–H and O–H groups in total. The van der Waals surface area contributed by atoms with Crippen molar-refractivity contribution in [3.63, 3.8) is 0 Å². The molecule has 0 aromatic heterocycles. The van der Waals surface area contributed by atoms with Crippen LogP contribution in [0.3, 0.4) is 0 Å². The fourth-order valence-corrected chi connectivity index (χ4v) is 3.40. The van der Waals surface area contributed by atoms with Crippen molar-refractivity contribution in [3.05, 3.63) is 101 Å². The number of halogens is 3. The molecule has 3 aromatic rings. The molecule has 2 nitrogen and oxygen atoms in total. The van der Waals surface area contributed by atoms with Gasteiger partial charge in [0.25, 0.3) is 0 Å². The maximum atomic E-state index is 14.5. The van der Waals surface area contributed by atoms with Crippen LogP contribution in [0.1, 0.15) is 23.6 Å². The Balaban J connectivity index is 1.80. The van der Waals surface area contributed by atoms with Crippen molar-refractivity contribution < 1.29 is 8.78 Å². The van der Waals surface area contributed by atoms with Crippen molar-refractivity contribution >= 4 is 23.0 Å². The first-order valence-corrected chi connectivity index (χ1v) is 8.63. The lowest BCUT2D eigenvalue weighted by Crippen LogP contribution is -2.19. The first kappa shape index (κ1) is 16.7. The zero-order valence-corrected chi connectivity index (χ0v) is 14.5. The third-order valence-electron chi connectivity index (χ3n) is 4.45. The van der Waals surface area contributed by atoms with Gasteiger partial charge >= 0.3 is 0 Å². The van der Waals surface area contributed by atoms with Gasteiger partial charge in [0.1, 0.15) is 11.6 Å². The minimum Gasteiger partial charge on any atom is -0.256 e. The highest BCUT2D eigenvalue weighted by Crippen LogP contribution is 2.40. The number of rotatable bonds is 3. The molecule has 1 aliphatic rings. The van der Waals surface area contributed by atoms with E-state index in [1.165, 1.54) is 18.2 Å². The summed E-state index contributed by atoms with van der Waals surface area (Å²) in [6, 6.07) is 19.8. The standard InChI is InChI=1S/C21H15ClF2N2/c22-17-6-2-4-8-20(17)26-21(16-5-1-3-7-18(16)24)13-19(25-26)14-9-11-15(23)12-10-14/h1-12,21H,13H2/t21-/m1/s1. The highest BCUT2D eigenvalue weighted by Gasteiger charge is 2.32. The highest BCUT2D eigenvalue weighted by molar-refractivity contribution is 6.33. The lowest BCUT2D eigenvalue weighted by Gasteiger charge is -2.25. The van der Waals surface area contributed by atoms with Crippen LogP contribution in [0.15, 0.2) is 77.9 Å². The van der Waals surface area contributed by atoms with Crippen LogP contribution >= 0.6 is 11.6 Å². The molecule has 0 bridgehead atoms. The molecule has 26 heavy (non-hydrogen) atoms. The molecular weight excluding hydrogens is 354 g/mol. The molecule has 1 atom stereocenters. The van der Waals surface area contributed by atoms with E-state index in [0.29, 0.717) is 22.7 Å². The zero-order chi connectivity index (χ0) is 18.1. The van der Waals surface area contributed by atoms with Gasteiger partial charge in [-0.3, -0.25) is 5.01 Å². The number of anilines is 1. The first-order chi connectivity index (χ1) is 12.6. The maximum absolute atomic E-state index is 14.5. The van der Waals surface area contributed by atoms with Gasteiger partial charge in [0.05, 0.1) is 22.5 Å². The van der Waals surface area contributed by atoms with Crippen molar-refractivity contribution in [2.45, 2.75) is 12.5 Å². The van der Waals surface area contributed by atoms with Crippen LogP contribution in [0.2, 0.25) is 5.02 Å². The van der Waals surface area contributed by atoms with Gasteiger partial charge in [-0.15, -0.1) is 0 Å². The summed E-state index contributed by atoms with van der Waals surface area (Å²) in [4.78, 5) is 0. The molecule has 3 aromatic carbocycles. The lowest BCUT2D eigenvalue weighted by atomic mass is 9.98. The van der Waals surface area contributed by atoms with Gasteiger partial charge in [0.15, 0.2) is 0 Å². The molecule has 0 radical (unpaired) electrons. The Morgan fingerprint density at radius 3 is 2.31 bits per heavy atom. The molecule has 0 aliphatic carbocycles. The van der Waals surface area contributed by atoms with Crippen molar-refractivity contribution in [3.8, 4) is 0 Å². The zero-order valence-electron chi connectivity index (χ0n) is 13.7. The van der Waals surface area contributed by atoms with Gasteiger partial charge < -0.3 is 0 Å². The van der Waals surface area contributed by atoms with Gasteiger partial charge in [0.2, 0.25) is 0 Å². The normalized spacial score (nSPS) is 16.7. The molecule has 0 spiro atoms. The predicted molar refractivity (Wildman–Crippen MR) is 101 cm³/mol. The van der Waals surface area contributed by atoms with Crippen molar-refractivity contribution in [2.24, 2.45) is 5.10 Å². The number of hydrogen-bond acceptors (Lipinski definition) is 2. The van der Waals surface area contributed by atoms with E-state index in [1.807, 2.05) is 18.2 Å². The third kappa shape index (κ3) is 3.08. The number of benzene rings is 3. The summed E-state index contributed by atoms with van der Waals surface area (Å²) in [5, 5.41) is 6.98. The summed E-state index contributed by atoms with van der Waals surface area (Å²) in [5.74, 6) is -0.592. The molecule has 0 saturated carbocycles. The lowest BCUT2D eigenvalue weighted by molar-refractivity contribution is 0.579. The Morgan fingerprint density at radius 1 is 0.885 bits per heavy atom. The Hall–Kier alpha value is -2.72. The summed E-state index contributed by atoms with van der Waals surface area (Å²) < 4.78 is 27.7. The van der Waals surface area contributed by atoms with Crippen LogP contribution in [0.25, 0.3) is 0 Å². The average Bonchev–Trinajstić information content (AvgIpc) is 3.08. The van der Waals surface area contributed by atoms with E-state index in [-0.39, 0.29) is 17.7 Å². The van der Waals surface area contributed by atoms with Crippen LogP contribution in [-0.4, -0.2) is 5.71 Å². The molecule has 1 heterocycles. The van der Waals surface area contributed by atoms with Gasteiger partial charge in [-0.2, -0.15) is 5.10 Å². The summed E-state index contributed by atoms with van der Waals surface area (Å²) >= 11 is 6.36. The average molecular weight is 369 g/mol. The van der Waals surface area contributed by atoms with Crippen LogP contribution in [0.5, 0.6) is 0 Å². The fourth-order valence-electron chi connectivity index (χ4n) is 3.17. The second-order valence-electron chi connectivity index (χ2n) is 6.09. The van der Waals surface area contributed by atoms with Crippen LogP contribution in [-0.2, 0) is 0 Å². The van der Waals surface area contributed by atoms with E-state index in [4.69, 9.17) is 16.7 Å². The third-order valence-corrected chi connectivity index (χ3v) is 4.77. The predicted octanol–water partition coefficient (Wildman–Crippen LogP) is 5.97. The fraction of sp³-hybridized carbons (Fsp3) is 0.0952. The smallest absolute Gasteiger partial charge is 0.128 e. The highest BCUT2D eigenvalue weighted by atomic mass is 35.5. The van der Waals surface area contributed by atoms with Gasteiger partial charge in [-0.25, -0.2) is 8.78 Å². The Kier molecular flexibility index (Phi) is 4.43. The largest absolute Gasteiger partial charge is 0.256 e. The van der Waals surface area contributed by atoms with E-state index < -0.39 is 0 Å². The maximum Gasteiger partial charge on any atom is 0.128 e. The Bertz CT molecular complexity index is 970. The summed E-state index contributed by atoms with van der Waals surface area (Å²) in [6.07, 6.45) is 0.498. The van der Waals surface area contributed by atoms with Crippen molar-refractivity contribution in [2.75, 3.05) is 5.01 Å². The Morgan fingerprint density at radius 2 is 1.58 bits per heavy atom. The molecule has 0 unspecified atom stereocenters. The monoisotopic (exact) mass is 368 g/mol. The molecule has 0 fully saturated rings. The minimum atomic E-state index is -0.323. The van der Waals surface area contributed by atoms with Crippen LogP contribution < -0.4 is 5.01 Å². The summed E-state index contributed by atoms with van der Waals surface area (Å²) in [7, 11) is 0. The van der Waals surface area contributed by atoms with E-state index in [1.54, 1.807) is 41.4 Å². The number of nitrogens with zero attached hydrogens (tertiary/aromatic N) is 2. The second-order valence-corrected chi connectivity index (χ2v) is 6.50. The molecule has 0 saturated heterocycles. The molecule has 1 aliphatic heterocycles. The second kappa shape index (κ2) is 6.89. The molecule has 5 heteroatoms. The van der Waals surface area contributed by atoms with Crippen LogP contribution in [0.4, 0.5) is 14.5 Å². The van der Waals surface area contributed by atoms with E-state index in [0.717, 1.165) is 11.3 Å². The number of hydrazone groups is 1. The molecular formula is C21H15ClF2N2. The summed E-state index contributed by atoms with van der Waals surface area (Å²) in [5.41, 5.74) is 2.83. The minimum absolute atomic E-state index is 0.287. The van der Waals surface area contributed by atoms with Gasteiger partial charge in [-0.1, -0.05) is 54.1 Å². The number of para-hydroxylation sites is 1. The summed E-state index contributed by atoms with van der Waals surface area (Å²) in [6.45, 7) is 0. The number of hydrogen-bond donors (Lipinski definition) is 0. The van der Waals surface area contributed by atoms with E-state index in [9.17, 15) is 8.78 Å². The van der Waals surface area contributed by atoms with Gasteiger partial charge in [-0.05, 0) is 35.9 Å². The quantitative estimate of drug-likeness (QED) is 0.555. The van der Waals surface area contributed by atoms with Crippen molar-refractivity contribution in [1.82, 2.24) is 0 Å². The topological polar surface area (TPSA) is 15.6 Å². The Labute approximate surface area is 155 Å². The molecule has 130 valence electrons. The van der Waals surface area contributed by atoms with E-state index >= 15 is 0 Å². The van der Waals surface area contributed by atoms with Crippen molar-refractivity contribution in [1.29, 1.82) is 0 Å².